The molecular formula is C35H35N3O15. The van der Waals surface area contributed by atoms with Gasteiger partial charge in [0, 0.05) is 31.0 Å². The zero-order valence-corrected chi connectivity index (χ0v) is 29.2. The fraction of sp³-hybridized carbons (Fsp3) is 0.257. The Kier molecular flexibility index (Phi) is 14.0. The summed E-state index contributed by atoms with van der Waals surface area (Å²) in [6.07, 6.45) is -4.97. The van der Waals surface area contributed by atoms with Crippen molar-refractivity contribution in [2.45, 2.75) is 39.9 Å². The van der Waals surface area contributed by atoms with E-state index in [4.69, 9.17) is 28.4 Å². The van der Waals surface area contributed by atoms with Gasteiger partial charge in [-0.3, -0.25) is 34.8 Å². The number of anilines is 1. The van der Waals surface area contributed by atoms with Crippen LogP contribution >= 0.6 is 0 Å². The van der Waals surface area contributed by atoms with Crippen LogP contribution in [0.2, 0.25) is 0 Å². The van der Waals surface area contributed by atoms with Gasteiger partial charge in [-0.2, -0.15) is 0 Å². The quantitative estimate of drug-likeness (QED) is 0.105. The number of methoxy groups -OCH3 is 2. The third-order valence-corrected chi connectivity index (χ3v) is 6.79. The SMILES string of the molecule is COc1cc(C(=O)O[C@H](C(=O)NNC(=O)c2ccc(NC(=O)C(C)C)cc2)[C@@H](OC(=O)c2ccc(OC(C)=O)c(OC)c2)C(=O)O)ccc1OC(C)=O. The maximum absolute atomic E-state index is 13.4. The lowest BCUT2D eigenvalue weighted by Gasteiger charge is -2.24. The standard InChI is InChI=1S/C35H35N3O15/c1-17(2)30(41)36-23-11-7-20(8-12-23)31(42)37-38-32(43)28(52-34(46)21-9-13-24(50-18(3)39)26(15-21)48-5)29(33(44)45)53-35(47)22-10-14-25(51-19(4)40)27(16-22)49-6/h7-17,28-29H,1-6H3,(H,36,41)(H,37,42)(H,38,43)(H,44,45)/t28-,29+/m0/s1. The molecule has 280 valence electrons. The molecule has 0 saturated heterocycles. The minimum absolute atomic E-state index is 0.00582. The molecule has 0 radical (unpaired) electrons. The number of carboxylic acids is 1. The van der Waals surface area contributed by atoms with Crippen LogP contribution in [0.3, 0.4) is 0 Å². The van der Waals surface area contributed by atoms with Gasteiger partial charge in [0.2, 0.25) is 18.1 Å². The molecule has 0 heterocycles. The van der Waals surface area contributed by atoms with Gasteiger partial charge in [0.15, 0.2) is 23.0 Å². The Balaban J connectivity index is 1.91. The maximum atomic E-state index is 13.4. The molecule has 0 aliphatic rings. The first-order chi connectivity index (χ1) is 25.0. The monoisotopic (exact) mass is 737 g/mol. The molecule has 0 bridgehead atoms. The summed E-state index contributed by atoms with van der Waals surface area (Å²) in [4.78, 5) is 100. The third-order valence-electron chi connectivity index (χ3n) is 6.79. The fourth-order valence-corrected chi connectivity index (χ4v) is 4.18. The number of rotatable bonds is 14. The van der Waals surface area contributed by atoms with Gasteiger partial charge in [-0.25, -0.2) is 14.4 Å². The molecule has 0 aromatic heterocycles. The lowest BCUT2D eigenvalue weighted by atomic mass is 10.1. The predicted molar refractivity (Wildman–Crippen MR) is 180 cm³/mol. The van der Waals surface area contributed by atoms with E-state index in [1.54, 1.807) is 13.8 Å². The number of benzene rings is 3. The zero-order valence-electron chi connectivity index (χ0n) is 29.2. The summed E-state index contributed by atoms with van der Waals surface area (Å²) in [7, 11) is 2.41. The molecule has 3 aromatic carbocycles. The number of hydrogen-bond donors (Lipinski definition) is 4. The van der Waals surface area contributed by atoms with Crippen LogP contribution in [0.25, 0.3) is 0 Å². The highest BCUT2D eigenvalue weighted by Crippen LogP contribution is 2.30. The van der Waals surface area contributed by atoms with Gasteiger partial charge in [-0.05, 0) is 60.7 Å². The largest absolute Gasteiger partial charge is 0.493 e. The van der Waals surface area contributed by atoms with Crippen molar-refractivity contribution in [3.8, 4) is 23.0 Å². The zero-order chi connectivity index (χ0) is 39.4. The molecule has 0 saturated carbocycles. The number of esters is 4. The van der Waals surface area contributed by atoms with E-state index in [0.717, 1.165) is 38.1 Å². The Bertz CT molecular complexity index is 1910. The van der Waals surface area contributed by atoms with Gasteiger partial charge in [-0.15, -0.1) is 0 Å². The smallest absolute Gasteiger partial charge is 0.349 e. The van der Waals surface area contributed by atoms with E-state index in [1.807, 2.05) is 5.43 Å². The van der Waals surface area contributed by atoms with Crippen LogP contribution in [0.1, 0.15) is 58.8 Å². The predicted octanol–water partition coefficient (Wildman–Crippen LogP) is 2.45. The molecule has 0 aliphatic heterocycles. The summed E-state index contributed by atoms with van der Waals surface area (Å²) < 4.78 is 30.6. The lowest BCUT2D eigenvalue weighted by molar-refractivity contribution is -0.159. The van der Waals surface area contributed by atoms with Crippen LogP contribution < -0.4 is 35.1 Å². The fourth-order valence-electron chi connectivity index (χ4n) is 4.18. The number of carbonyl (C=O) groups excluding carboxylic acids is 7. The van der Waals surface area contributed by atoms with Gasteiger partial charge >= 0.3 is 29.8 Å². The number of nitrogens with one attached hydrogen (secondary N) is 3. The summed E-state index contributed by atoms with van der Waals surface area (Å²) in [5, 5.41) is 12.7. The van der Waals surface area contributed by atoms with Gasteiger partial charge in [-0.1, -0.05) is 13.8 Å². The van der Waals surface area contributed by atoms with Crippen molar-refractivity contribution in [3.63, 3.8) is 0 Å². The van der Waals surface area contributed by atoms with Crippen LogP contribution in [0.15, 0.2) is 60.7 Å². The number of aliphatic carboxylic acids is 1. The number of amides is 3. The number of carboxylic acid groups (broad SMARTS) is 1. The summed E-state index contributed by atoms with van der Waals surface area (Å²) in [6, 6.07) is 12.2. The first-order valence-electron chi connectivity index (χ1n) is 15.4. The molecule has 0 aliphatic carbocycles. The first-order valence-corrected chi connectivity index (χ1v) is 15.4. The minimum atomic E-state index is -2.52. The molecule has 4 N–H and O–H groups in total. The van der Waals surface area contributed by atoms with Crippen molar-refractivity contribution in [1.29, 1.82) is 0 Å². The van der Waals surface area contributed by atoms with Crippen molar-refractivity contribution < 1.29 is 71.9 Å². The van der Waals surface area contributed by atoms with E-state index in [0.29, 0.717) is 5.69 Å². The summed E-state index contributed by atoms with van der Waals surface area (Å²) in [6.45, 7) is 5.65. The van der Waals surface area contributed by atoms with Crippen molar-refractivity contribution in [1.82, 2.24) is 10.9 Å². The summed E-state index contributed by atoms with van der Waals surface area (Å²) in [5.41, 5.74) is 3.76. The van der Waals surface area contributed by atoms with Gasteiger partial charge < -0.3 is 38.8 Å². The Hall–Kier alpha value is -6.98. The van der Waals surface area contributed by atoms with Gasteiger partial charge in [0.25, 0.3) is 11.8 Å². The average Bonchev–Trinajstić information content (AvgIpc) is 3.11. The van der Waals surface area contributed by atoms with Crippen LogP contribution in [0.4, 0.5) is 5.69 Å². The highest BCUT2D eigenvalue weighted by Gasteiger charge is 2.41. The van der Waals surface area contributed by atoms with Crippen molar-refractivity contribution in [3.05, 3.63) is 77.4 Å². The second-order valence-electron chi connectivity index (χ2n) is 11.1. The molecule has 53 heavy (non-hydrogen) atoms. The number of hydrazine groups is 1. The highest BCUT2D eigenvalue weighted by molar-refractivity contribution is 6.00. The molecule has 18 nitrogen and oxygen atoms in total. The molecule has 3 rings (SSSR count). The van der Waals surface area contributed by atoms with E-state index in [1.165, 1.54) is 50.6 Å². The Morgan fingerprint density at radius 2 is 1.04 bits per heavy atom. The Morgan fingerprint density at radius 1 is 0.585 bits per heavy atom. The lowest BCUT2D eigenvalue weighted by Crippen LogP contribution is -2.54. The molecule has 0 unspecified atom stereocenters. The second-order valence-corrected chi connectivity index (χ2v) is 11.1. The van der Waals surface area contributed by atoms with Crippen molar-refractivity contribution in [2.24, 2.45) is 5.92 Å². The summed E-state index contributed by atoms with van der Waals surface area (Å²) in [5.74, 6) is -9.26. The van der Waals surface area contributed by atoms with Crippen LogP contribution in [0, 0.1) is 5.92 Å². The van der Waals surface area contributed by atoms with Crippen molar-refractivity contribution >= 4 is 53.3 Å². The average molecular weight is 738 g/mol. The molecule has 0 fully saturated rings. The second kappa shape index (κ2) is 18.3. The molecule has 18 heteroatoms. The van der Waals surface area contributed by atoms with E-state index < -0.39 is 53.9 Å². The molecule has 3 amide bonds. The van der Waals surface area contributed by atoms with E-state index >= 15 is 0 Å². The molecule has 3 aromatic rings. The van der Waals surface area contributed by atoms with Crippen LogP contribution in [-0.4, -0.2) is 79.1 Å². The van der Waals surface area contributed by atoms with Crippen LogP contribution in [-0.2, 0) is 33.4 Å². The summed E-state index contributed by atoms with van der Waals surface area (Å²) >= 11 is 0. The Morgan fingerprint density at radius 3 is 1.45 bits per heavy atom. The highest BCUT2D eigenvalue weighted by atomic mass is 16.6. The van der Waals surface area contributed by atoms with E-state index in [9.17, 15) is 43.5 Å². The number of ether oxygens (including phenoxy) is 6. The normalized spacial score (nSPS) is 11.5. The topological polar surface area (TPSA) is 248 Å². The van der Waals surface area contributed by atoms with E-state index in [-0.39, 0.29) is 51.5 Å². The number of hydrogen-bond acceptors (Lipinski definition) is 14. The Labute approximate surface area is 301 Å². The molecule has 2 atom stereocenters. The molecule has 0 spiro atoms. The number of carbonyl (C=O) groups is 8. The van der Waals surface area contributed by atoms with Gasteiger partial charge in [0.1, 0.15) is 0 Å². The third kappa shape index (κ3) is 11.3. The first kappa shape index (κ1) is 40.4. The van der Waals surface area contributed by atoms with E-state index in [2.05, 4.69) is 10.7 Å². The minimum Gasteiger partial charge on any atom is -0.493 e. The van der Waals surface area contributed by atoms with Crippen molar-refractivity contribution in [2.75, 3.05) is 19.5 Å². The van der Waals surface area contributed by atoms with Crippen LogP contribution in [0.5, 0.6) is 23.0 Å². The molecular weight excluding hydrogens is 702 g/mol. The van der Waals surface area contributed by atoms with Gasteiger partial charge in [0.05, 0.1) is 25.3 Å². The maximum Gasteiger partial charge on any atom is 0.349 e.